The van der Waals surface area contributed by atoms with Gasteiger partial charge in [-0.1, -0.05) is 18.2 Å². The second-order valence-electron chi connectivity index (χ2n) is 15.5. The van der Waals surface area contributed by atoms with Crippen molar-refractivity contribution >= 4 is 29.4 Å². The molecule has 52 heavy (non-hydrogen) atoms. The zero-order chi connectivity index (χ0) is 37.0. The molecule has 3 aliphatic heterocycles. The lowest BCUT2D eigenvalue weighted by Gasteiger charge is -2.44. The van der Waals surface area contributed by atoms with Crippen LogP contribution in [0.25, 0.3) is 11.3 Å². The molecule has 6 rings (SSSR count). The number of nitrogens with one attached hydrogen (secondary N) is 1. The van der Waals surface area contributed by atoms with Gasteiger partial charge >= 0.3 is 12.2 Å². The zero-order valence-corrected chi connectivity index (χ0v) is 31.4. The van der Waals surface area contributed by atoms with Crippen LogP contribution in [0.15, 0.2) is 54.6 Å². The molecule has 0 radical (unpaired) electrons. The summed E-state index contributed by atoms with van der Waals surface area (Å²) in [5, 5.41) is 12.5. The predicted molar refractivity (Wildman–Crippen MR) is 199 cm³/mol. The molecule has 2 bridgehead atoms. The van der Waals surface area contributed by atoms with E-state index in [0.29, 0.717) is 35.8 Å². The van der Waals surface area contributed by atoms with E-state index in [0.717, 1.165) is 55.1 Å². The predicted octanol–water partition coefficient (Wildman–Crippen LogP) is 6.79. The number of anilines is 3. The van der Waals surface area contributed by atoms with E-state index >= 15 is 0 Å². The van der Waals surface area contributed by atoms with Gasteiger partial charge in [0.25, 0.3) is 0 Å². The number of hydrogen-bond acceptors (Lipinski definition) is 12. The van der Waals surface area contributed by atoms with Gasteiger partial charge in [0, 0.05) is 49.6 Å². The van der Waals surface area contributed by atoms with Gasteiger partial charge in [0.15, 0.2) is 12.6 Å². The lowest BCUT2D eigenvalue weighted by Crippen LogP contribution is -2.54. The van der Waals surface area contributed by atoms with Crippen LogP contribution in [0.2, 0.25) is 0 Å². The summed E-state index contributed by atoms with van der Waals surface area (Å²) in [5.41, 5.74) is 1.10. The van der Waals surface area contributed by atoms with Gasteiger partial charge < -0.3 is 38.8 Å². The lowest BCUT2D eigenvalue weighted by molar-refractivity contribution is 0.0428. The molecule has 4 heterocycles. The SMILES string of the molecule is COCOc1ccccc1-c1cc(N2C[C@H]3CC[C@@H](C2)N3c2cccc(OC3CCNCC3)c2)c(N(C(=O)OC(C)(C)C)C(=O)OC(C)(C)C)nn1. The number of benzene rings is 2. The highest BCUT2D eigenvalue weighted by molar-refractivity contribution is 6.11. The van der Waals surface area contributed by atoms with Gasteiger partial charge in [-0.3, -0.25) is 0 Å². The molecule has 2 amide bonds. The minimum atomic E-state index is -0.902. The van der Waals surface area contributed by atoms with E-state index in [-0.39, 0.29) is 30.8 Å². The second-order valence-corrected chi connectivity index (χ2v) is 15.5. The smallest absolute Gasteiger partial charge is 0.425 e. The third-order valence-corrected chi connectivity index (χ3v) is 9.14. The molecule has 280 valence electrons. The molecule has 2 atom stereocenters. The second kappa shape index (κ2) is 15.5. The standard InChI is InChI=1S/C39H52N6O7/c1-38(2,3)51-36(46)45(37(47)52-39(4,5)6)35-33(22-32(41-42-35)31-13-8-9-14-34(31)49-25-48-7)43-23-27-15-16-28(24-43)44(27)26-11-10-12-30(21-26)50-29-17-19-40-20-18-29/h8-14,21-22,27-29,40H,15-20,23-25H2,1-7H3/t27-,28+. The van der Waals surface area contributed by atoms with Crippen LogP contribution in [-0.4, -0.2) is 91.9 Å². The Hall–Kier alpha value is -4.62. The number of carbonyl (C=O) groups excluding carboxylic acids is 2. The van der Waals surface area contributed by atoms with Crippen LogP contribution in [0.1, 0.15) is 67.2 Å². The van der Waals surface area contributed by atoms with Crippen LogP contribution < -0.4 is 29.5 Å². The van der Waals surface area contributed by atoms with Crippen molar-refractivity contribution in [1.82, 2.24) is 15.5 Å². The number of rotatable bonds is 9. The zero-order valence-electron chi connectivity index (χ0n) is 31.4. The summed E-state index contributed by atoms with van der Waals surface area (Å²) in [6, 6.07) is 18.1. The summed E-state index contributed by atoms with van der Waals surface area (Å²) in [4.78, 5) is 33.3. The maximum Gasteiger partial charge on any atom is 0.425 e. The number of piperidine rings is 1. The monoisotopic (exact) mass is 716 g/mol. The van der Waals surface area contributed by atoms with E-state index < -0.39 is 23.4 Å². The molecule has 3 saturated heterocycles. The van der Waals surface area contributed by atoms with E-state index in [9.17, 15) is 9.59 Å². The molecule has 2 aromatic carbocycles. The van der Waals surface area contributed by atoms with Crippen molar-refractivity contribution in [2.24, 2.45) is 0 Å². The topological polar surface area (TPSA) is 128 Å². The molecular weight excluding hydrogens is 664 g/mol. The Balaban J connectivity index is 1.38. The number of amides is 2. The number of carbonyl (C=O) groups is 2. The molecule has 0 saturated carbocycles. The Labute approximate surface area is 306 Å². The Morgan fingerprint density at radius 1 is 0.846 bits per heavy atom. The molecule has 3 aliphatic rings. The van der Waals surface area contributed by atoms with E-state index in [1.807, 2.05) is 36.4 Å². The summed E-state index contributed by atoms with van der Waals surface area (Å²) in [5.74, 6) is 1.48. The van der Waals surface area contributed by atoms with Gasteiger partial charge in [-0.05, 0) is 111 Å². The van der Waals surface area contributed by atoms with Crippen molar-refractivity contribution in [3.63, 3.8) is 0 Å². The fourth-order valence-electron chi connectivity index (χ4n) is 7.03. The first kappa shape index (κ1) is 37.1. The average Bonchev–Trinajstić information content (AvgIpc) is 3.35. The number of methoxy groups -OCH3 is 1. The highest BCUT2D eigenvalue weighted by Gasteiger charge is 2.43. The average molecular weight is 717 g/mol. The van der Waals surface area contributed by atoms with Crippen LogP contribution in [0, 0.1) is 0 Å². The van der Waals surface area contributed by atoms with Crippen LogP contribution in [0.3, 0.4) is 0 Å². The molecule has 0 unspecified atom stereocenters. The van der Waals surface area contributed by atoms with Crippen molar-refractivity contribution in [3.05, 3.63) is 54.6 Å². The molecule has 13 heteroatoms. The highest BCUT2D eigenvalue weighted by atomic mass is 16.7. The summed E-state index contributed by atoms with van der Waals surface area (Å²) in [6.07, 6.45) is 2.35. The summed E-state index contributed by atoms with van der Waals surface area (Å²) in [6.45, 7) is 13.7. The molecule has 13 nitrogen and oxygen atoms in total. The first-order valence-corrected chi connectivity index (χ1v) is 18.2. The van der Waals surface area contributed by atoms with E-state index in [2.05, 4.69) is 43.5 Å². The van der Waals surface area contributed by atoms with Gasteiger partial charge in [0.1, 0.15) is 28.8 Å². The Morgan fingerprint density at radius 2 is 1.50 bits per heavy atom. The largest absolute Gasteiger partial charge is 0.490 e. The number of para-hydroxylation sites is 1. The molecule has 3 fully saturated rings. The quantitative estimate of drug-likeness (QED) is 0.234. The van der Waals surface area contributed by atoms with E-state index in [1.54, 1.807) is 48.7 Å². The number of imide groups is 1. The third-order valence-electron chi connectivity index (χ3n) is 9.14. The Kier molecular flexibility index (Phi) is 11.1. The first-order chi connectivity index (χ1) is 24.8. The fourth-order valence-corrected chi connectivity index (χ4v) is 7.03. The molecule has 1 aromatic heterocycles. The molecule has 0 aliphatic carbocycles. The van der Waals surface area contributed by atoms with E-state index in [1.165, 1.54) is 0 Å². The van der Waals surface area contributed by atoms with Crippen LogP contribution in [-0.2, 0) is 14.2 Å². The minimum Gasteiger partial charge on any atom is -0.490 e. The van der Waals surface area contributed by atoms with Gasteiger partial charge in [-0.2, -0.15) is 4.90 Å². The van der Waals surface area contributed by atoms with Gasteiger partial charge in [0.05, 0.1) is 11.4 Å². The number of nitrogens with zero attached hydrogens (tertiary/aromatic N) is 5. The van der Waals surface area contributed by atoms with Crippen LogP contribution in [0.4, 0.5) is 26.8 Å². The first-order valence-electron chi connectivity index (χ1n) is 18.2. The Morgan fingerprint density at radius 3 is 2.13 bits per heavy atom. The van der Waals surface area contributed by atoms with Crippen molar-refractivity contribution in [2.75, 3.05) is 54.8 Å². The maximum absolute atomic E-state index is 13.9. The molecular formula is C39H52N6O7. The summed E-state index contributed by atoms with van der Waals surface area (Å²) < 4.78 is 28.9. The van der Waals surface area contributed by atoms with Crippen LogP contribution in [0.5, 0.6) is 11.5 Å². The molecule has 0 spiro atoms. The fraction of sp³-hybridized carbons (Fsp3) is 0.538. The van der Waals surface area contributed by atoms with Crippen molar-refractivity contribution in [2.45, 2.75) is 96.6 Å². The number of fused-ring (bicyclic) bond motifs is 2. The number of hydrogen-bond donors (Lipinski definition) is 1. The van der Waals surface area contributed by atoms with Crippen LogP contribution >= 0.6 is 0 Å². The summed E-state index contributed by atoms with van der Waals surface area (Å²) in [7, 11) is 1.56. The Bertz CT molecular complexity index is 1680. The van der Waals surface area contributed by atoms with Crippen molar-refractivity contribution < 1.29 is 33.3 Å². The van der Waals surface area contributed by atoms with Gasteiger partial charge in [-0.15, -0.1) is 10.2 Å². The number of ether oxygens (including phenoxy) is 5. The third kappa shape index (κ3) is 8.87. The number of piperazine rings is 1. The lowest BCUT2D eigenvalue weighted by atomic mass is 10.1. The molecule has 1 N–H and O–H groups in total. The molecule has 3 aromatic rings. The number of aromatic nitrogens is 2. The minimum absolute atomic E-state index is 0.0350. The van der Waals surface area contributed by atoms with Crippen molar-refractivity contribution in [3.8, 4) is 22.8 Å². The summed E-state index contributed by atoms with van der Waals surface area (Å²) >= 11 is 0. The highest BCUT2D eigenvalue weighted by Crippen LogP contribution is 2.42. The van der Waals surface area contributed by atoms with E-state index in [4.69, 9.17) is 23.7 Å². The maximum atomic E-state index is 13.9. The van der Waals surface area contributed by atoms with Gasteiger partial charge in [-0.25, -0.2) is 9.59 Å². The normalized spacial score (nSPS) is 19.3. The van der Waals surface area contributed by atoms with Crippen molar-refractivity contribution in [1.29, 1.82) is 0 Å². The van der Waals surface area contributed by atoms with Gasteiger partial charge in [0.2, 0.25) is 0 Å².